The van der Waals surface area contributed by atoms with Crippen LogP contribution in [0.25, 0.3) is 0 Å². The molecule has 4 heteroatoms. The van der Waals surface area contributed by atoms with Gasteiger partial charge in [-0.3, -0.25) is 4.79 Å². The van der Waals surface area contributed by atoms with Crippen molar-refractivity contribution in [3.8, 4) is 0 Å². The summed E-state index contributed by atoms with van der Waals surface area (Å²) < 4.78 is 5.17. The van der Waals surface area contributed by atoms with Crippen LogP contribution in [0.4, 0.5) is 0 Å². The van der Waals surface area contributed by atoms with Gasteiger partial charge >= 0.3 is 0 Å². The molecule has 16 heavy (non-hydrogen) atoms. The Hall–Kier alpha value is -0.610. The highest BCUT2D eigenvalue weighted by Crippen LogP contribution is 2.12. The van der Waals surface area contributed by atoms with E-state index in [4.69, 9.17) is 4.74 Å². The SMILES string of the molecule is CCCOCC(=O)NCC1CCC(C)NC1. The lowest BCUT2D eigenvalue weighted by Crippen LogP contribution is -2.42. The summed E-state index contributed by atoms with van der Waals surface area (Å²) in [5.41, 5.74) is 0. The Kier molecular flexibility index (Phi) is 6.42. The number of nitrogens with one attached hydrogen (secondary N) is 2. The van der Waals surface area contributed by atoms with Gasteiger partial charge in [-0.15, -0.1) is 0 Å². The molecule has 0 saturated carbocycles. The van der Waals surface area contributed by atoms with Gasteiger partial charge in [0.05, 0.1) is 0 Å². The van der Waals surface area contributed by atoms with E-state index in [0.29, 0.717) is 18.6 Å². The van der Waals surface area contributed by atoms with Gasteiger partial charge < -0.3 is 15.4 Å². The fraction of sp³-hybridized carbons (Fsp3) is 0.917. The maximum Gasteiger partial charge on any atom is 0.246 e. The van der Waals surface area contributed by atoms with Crippen LogP contribution in [0.15, 0.2) is 0 Å². The van der Waals surface area contributed by atoms with Crippen LogP contribution in [-0.4, -0.2) is 38.3 Å². The molecule has 0 bridgehead atoms. The molecule has 2 N–H and O–H groups in total. The van der Waals surface area contributed by atoms with Gasteiger partial charge in [0.25, 0.3) is 0 Å². The molecule has 0 aliphatic carbocycles. The number of rotatable bonds is 6. The molecule has 2 atom stereocenters. The van der Waals surface area contributed by atoms with Crippen LogP contribution in [0.2, 0.25) is 0 Å². The van der Waals surface area contributed by atoms with Gasteiger partial charge in [0.1, 0.15) is 6.61 Å². The van der Waals surface area contributed by atoms with Crippen LogP contribution in [0.3, 0.4) is 0 Å². The van der Waals surface area contributed by atoms with Crippen LogP contribution in [0.1, 0.15) is 33.1 Å². The maximum absolute atomic E-state index is 11.4. The third-order valence-electron chi connectivity index (χ3n) is 2.93. The Morgan fingerprint density at radius 1 is 1.50 bits per heavy atom. The molecule has 1 heterocycles. The van der Waals surface area contributed by atoms with Crippen LogP contribution < -0.4 is 10.6 Å². The zero-order valence-corrected chi connectivity index (χ0v) is 10.4. The number of amides is 1. The van der Waals surface area contributed by atoms with Gasteiger partial charge in [0.15, 0.2) is 0 Å². The normalized spacial score (nSPS) is 25.4. The first-order chi connectivity index (χ1) is 7.72. The van der Waals surface area contributed by atoms with Gasteiger partial charge in [-0.1, -0.05) is 6.92 Å². The lowest BCUT2D eigenvalue weighted by atomic mass is 9.95. The molecule has 0 aromatic heterocycles. The standard InChI is InChI=1S/C12H24N2O2/c1-3-6-16-9-12(15)14-8-11-5-4-10(2)13-7-11/h10-11,13H,3-9H2,1-2H3,(H,14,15). The summed E-state index contributed by atoms with van der Waals surface area (Å²) in [6, 6.07) is 0.625. The molecule has 1 saturated heterocycles. The number of hydrogen-bond acceptors (Lipinski definition) is 3. The Balaban J connectivity index is 2.03. The Morgan fingerprint density at radius 2 is 2.31 bits per heavy atom. The summed E-state index contributed by atoms with van der Waals surface area (Å²) in [6.07, 6.45) is 3.36. The minimum Gasteiger partial charge on any atom is -0.372 e. The molecule has 0 aromatic carbocycles. The third kappa shape index (κ3) is 5.47. The van der Waals surface area contributed by atoms with Crippen molar-refractivity contribution in [2.24, 2.45) is 5.92 Å². The second kappa shape index (κ2) is 7.63. The summed E-state index contributed by atoms with van der Waals surface area (Å²) >= 11 is 0. The number of ether oxygens (including phenoxy) is 1. The van der Waals surface area contributed by atoms with Crippen molar-refractivity contribution in [3.63, 3.8) is 0 Å². The molecule has 0 aromatic rings. The van der Waals surface area contributed by atoms with Crippen LogP contribution >= 0.6 is 0 Å². The first-order valence-electron chi connectivity index (χ1n) is 6.30. The molecular formula is C12H24N2O2. The highest BCUT2D eigenvalue weighted by Gasteiger charge is 2.17. The summed E-state index contributed by atoms with van der Waals surface area (Å²) in [5, 5.41) is 6.35. The van der Waals surface area contributed by atoms with E-state index in [1.807, 2.05) is 6.92 Å². The molecule has 1 aliphatic rings. The van der Waals surface area contributed by atoms with E-state index in [9.17, 15) is 4.79 Å². The van der Waals surface area contributed by atoms with E-state index in [1.165, 1.54) is 12.8 Å². The fourth-order valence-electron chi connectivity index (χ4n) is 1.85. The summed E-state index contributed by atoms with van der Waals surface area (Å²) in [4.78, 5) is 11.4. The second-order valence-electron chi connectivity index (χ2n) is 4.61. The number of hydrogen-bond donors (Lipinski definition) is 2. The first-order valence-corrected chi connectivity index (χ1v) is 6.30. The molecule has 0 spiro atoms. The van der Waals surface area contributed by atoms with Gasteiger partial charge in [0.2, 0.25) is 5.91 Å². The van der Waals surface area contributed by atoms with Crippen molar-refractivity contribution in [2.45, 2.75) is 39.2 Å². The van der Waals surface area contributed by atoms with Crippen molar-refractivity contribution in [1.29, 1.82) is 0 Å². The zero-order chi connectivity index (χ0) is 11.8. The second-order valence-corrected chi connectivity index (χ2v) is 4.61. The van der Waals surface area contributed by atoms with Crippen LogP contribution in [0.5, 0.6) is 0 Å². The minimum absolute atomic E-state index is 0.00655. The third-order valence-corrected chi connectivity index (χ3v) is 2.93. The Morgan fingerprint density at radius 3 is 2.94 bits per heavy atom. The van der Waals surface area contributed by atoms with Crippen molar-refractivity contribution < 1.29 is 9.53 Å². The Labute approximate surface area is 98.1 Å². The average molecular weight is 228 g/mol. The first kappa shape index (κ1) is 13.5. The minimum atomic E-state index is 0.00655. The molecular weight excluding hydrogens is 204 g/mol. The monoisotopic (exact) mass is 228 g/mol. The molecule has 2 unspecified atom stereocenters. The molecule has 1 aliphatic heterocycles. The van der Waals surface area contributed by atoms with Gasteiger partial charge in [-0.25, -0.2) is 0 Å². The van der Waals surface area contributed by atoms with Gasteiger partial charge in [-0.2, -0.15) is 0 Å². The van der Waals surface area contributed by atoms with E-state index in [0.717, 1.165) is 19.5 Å². The van der Waals surface area contributed by atoms with E-state index < -0.39 is 0 Å². The Bertz CT molecular complexity index is 201. The van der Waals surface area contributed by atoms with Crippen molar-refractivity contribution in [1.82, 2.24) is 10.6 Å². The largest absolute Gasteiger partial charge is 0.372 e. The van der Waals surface area contributed by atoms with Crippen LogP contribution in [-0.2, 0) is 9.53 Å². The van der Waals surface area contributed by atoms with Crippen molar-refractivity contribution >= 4 is 5.91 Å². The predicted molar refractivity (Wildman–Crippen MR) is 64.3 cm³/mol. The number of carbonyl (C=O) groups is 1. The lowest BCUT2D eigenvalue weighted by Gasteiger charge is -2.27. The molecule has 94 valence electrons. The maximum atomic E-state index is 11.4. The highest BCUT2D eigenvalue weighted by molar-refractivity contribution is 5.77. The summed E-state index contributed by atoms with van der Waals surface area (Å²) in [7, 11) is 0. The van der Waals surface area contributed by atoms with Crippen molar-refractivity contribution in [3.05, 3.63) is 0 Å². The smallest absolute Gasteiger partial charge is 0.246 e. The van der Waals surface area contributed by atoms with Gasteiger partial charge in [-0.05, 0) is 38.6 Å². The van der Waals surface area contributed by atoms with Crippen molar-refractivity contribution in [2.75, 3.05) is 26.3 Å². The molecule has 1 amide bonds. The predicted octanol–water partition coefficient (Wildman–Crippen LogP) is 0.917. The lowest BCUT2D eigenvalue weighted by molar-refractivity contribution is -0.125. The van der Waals surface area contributed by atoms with E-state index in [-0.39, 0.29) is 12.5 Å². The zero-order valence-electron chi connectivity index (χ0n) is 10.4. The number of carbonyl (C=O) groups excluding carboxylic acids is 1. The van der Waals surface area contributed by atoms with Gasteiger partial charge in [0, 0.05) is 19.2 Å². The summed E-state index contributed by atoms with van der Waals surface area (Å²) in [6.45, 7) is 6.88. The molecule has 1 fully saturated rings. The fourth-order valence-corrected chi connectivity index (χ4v) is 1.85. The van der Waals surface area contributed by atoms with E-state index in [2.05, 4.69) is 17.6 Å². The highest BCUT2D eigenvalue weighted by atomic mass is 16.5. The van der Waals surface area contributed by atoms with E-state index in [1.54, 1.807) is 0 Å². The topological polar surface area (TPSA) is 50.4 Å². The van der Waals surface area contributed by atoms with E-state index >= 15 is 0 Å². The average Bonchev–Trinajstić information content (AvgIpc) is 2.29. The molecule has 0 radical (unpaired) electrons. The molecule has 4 nitrogen and oxygen atoms in total. The molecule has 1 rings (SSSR count). The van der Waals surface area contributed by atoms with Crippen LogP contribution in [0, 0.1) is 5.92 Å². The quantitative estimate of drug-likeness (QED) is 0.665. The number of piperidine rings is 1. The summed E-state index contributed by atoms with van der Waals surface area (Å²) in [5.74, 6) is 0.582.